The van der Waals surface area contributed by atoms with Gasteiger partial charge in [-0.2, -0.15) is 0 Å². The number of nitrogens with one attached hydrogen (secondary N) is 1. The molecule has 1 aromatic heterocycles. The maximum absolute atomic E-state index is 15.2. The molecule has 190 valence electrons. The molecule has 1 aliphatic heterocycles. The van der Waals surface area contributed by atoms with Crippen LogP contribution in [0.2, 0.25) is 0 Å². The SMILES string of the molecule is Cc1ccccc1N(C(=O)Cn1nnc2ccccc21)[C@@H](C(=O)NC[C@@H]1CCCO1)c1ccccc1F. The Morgan fingerprint density at radius 3 is 2.65 bits per heavy atom. The van der Waals surface area contributed by atoms with Gasteiger partial charge in [0.2, 0.25) is 11.8 Å². The first-order valence-electron chi connectivity index (χ1n) is 12.3. The Bertz CT molecular complexity index is 1420. The van der Waals surface area contributed by atoms with Gasteiger partial charge in [0.25, 0.3) is 0 Å². The fourth-order valence-corrected chi connectivity index (χ4v) is 4.70. The smallest absolute Gasteiger partial charge is 0.249 e. The number of ether oxygens (including phenoxy) is 1. The Balaban J connectivity index is 1.56. The first-order valence-corrected chi connectivity index (χ1v) is 12.3. The highest BCUT2D eigenvalue weighted by Gasteiger charge is 2.36. The fraction of sp³-hybridized carbons (Fsp3) is 0.286. The number of aryl methyl sites for hydroxylation is 1. The number of halogens is 1. The van der Waals surface area contributed by atoms with Gasteiger partial charge in [-0.3, -0.25) is 14.5 Å². The predicted octanol–water partition coefficient (Wildman–Crippen LogP) is 3.95. The number of hydrogen-bond donors (Lipinski definition) is 1. The van der Waals surface area contributed by atoms with E-state index in [0.29, 0.717) is 23.3 Å². The van der Waals surface area contributed by atoms with Gasteiger partial charge in [-0.25, -0.2) is 9.07 Å². The third-order valence-corrected chi connectivity index (χ3v) is 6.58. The van der Waals surface area contributed by atoms with Crippen LogP contribution in [0.5, 0.6) is 0 Å². The largest absolute Gasteiger partial charge is 0.376 e. The molecule has 0 spiro atoms. The molecule has 4 aromatic rings. The molecular weight excluding hydrogens is 473 g/mol. The minimum absolute atomic E-state index is 0.102. The number of benzene rings is 3. The number of nitrogens with zero attached hydrogens (tertiary/aromatic N) is 4. The lowest BCUT2D eigenvalue weighted by atomic mass is 10.0. The van der Waals surface area contributed by atoms with Gasteiger partial charge < -0.3 is 10.1 Å². The third-order valence-electron chi connectivity index (χ3n) is 6.58. The number of hydrogen-bond acceptors (Lipinski definition) is 5. The Morgan fingerprint density at radius 2 is 1.86 bits per heavy atom. The maximum atomic E-state index is 15.2. The van der Waals surface area contributed by atoms with E-state index in [1.54, 1.807) is 24.3 Å². The molecule has 8 nitrogen and oxygen atoms in total. The molecule has 2 amide bonds. The molecule has 3 aromatic carbocycles. The molecule has 0 aliphatic carbocycles. The van der Waals surface area contributed by atoms with Crippen molar-refractivity contribution in [2.45, 2.75) is 38.5 Å². The van der Waals surface area contributed by atoms with Crippen LogP contribution in [-0.4, -0.2) is 46.1 Å². The van der Waals surface area contributed by atoms with E-state index in [9.17, 15) is 9.59 Å². The van der Waals surface area contributed by atoms with Gasteiger partial charge in [-0.15, -0.1) is 5.10 Å². The highest BCUT2D eigenvalue weighted by Crippen LogP contribution is 2.32. The molecule has 0 radical (unpaired) electrons. The monoisotopic (exact) mass is 501 g/mol. The first kappa shape index (κ1) is 24.6. The van der Waals surface area contributed by atoms with Crippen LogP contribution < -0.4 is 10.2 Å². The normalized spacial score (nSPS) is 16.0. The Morgan fingerprint density at radius 1 is 1.11 bits per heavy atom. The topological polar surface area (TPSA) is 89.4 Å². The summed E-state index contributed by atoms with van der Waals surface area (Å²) in [6.45, 7) is 2.60. The van der Waals surface area contributed by atoms with E-state index in [4.69, 9.17) is 4.74 Å². The number of aromatic nitrogens is 3. The van der Waals surface area contributed by atoms with E-state index in [2.05, 4.69) is 15.6 Å². The summed E-state index contributed by atoms with van der Waals surface area (Å²) >= 11 is 0. The zero-order chi connectivity index (χ0) is 25.8. The molecule has 1 N–H and O–H groups in total. The highest BCUT2D eigenvalue weighted by molar-refractivity contribution is 6.02. The summed E-state index contributed by atoms with van der Waals surface area (Å²) in [5.74, 6) is -1.48. The van der Waals surface area contributed by atoms with Crippen LogP contribution in [0.4, 0.5) is 10.1 Å². The van der Waals surface area contributed by atoms with Gasteiger partial charge >= 0.3 is 0 Å². The van der Waals surface area contributed by atoms with Gasteiger partial charge in [0.1, 0.15) is 23.9 Å². The minimum Gasteiger partial charge on any atom is -0.376 e. The van der Waals surface area contributed by atoms with Gasteiger partial charge in [-0.1, -0.05) is 53.7 Å². The molecule has 9 heteroatoms. The lowest BCUT2D eigenvalue weighted by Crippen LogP contribution is -2.47. The van der Waals surface area contributed by atoms with Crippen molar-refractivity contribution in [1.29, 1.82) is 0 Å². The van der Waals surface area contributed by atoms with Crippen LogP contribution in [0.3, 0.4) is 0 Å². The second kappa shape index (κ2) is 10.9. The summed E-state index contributed by atoms with van der Waals surface area (Å²) in [6, 6.07) is 19.4. The molecular formula is C28H28FN5O3. The van der Waals surface area contributed by atoms with E-state index < -0.39 is 23.7 Å². The van der Waals surface area contributed by atoms with Gasteiger partial charge in [0.05, 0.1) is 11.6 Å². The lowest BCUT2D eigenvalue weighted by molar-refractivity contribution is -0.127. The maximum Gasteiger partial charge on any atom is 0.249 e. The average Bonchev–Trinajstić information content (AvgIpc) is 3.57. The molecule has 37 heavy (non-hydrogen) atoms. The van der Waals surface area contributed by atoms with Crippen molar-refractivity contribution in [2.75, 3.05) is 18.1 Å². The van der Waals surface area contributed by atoms with Crippen LogP contribution in [0.1, 0.15) is 30.0 Å². The predicted molar refractivity (Wildman–Crippen MR) is 137 cm³/mol. The molecule has 2 heterocycles. The van der Waals surface area contributed by atoms with E-state index in [1.807, 2.05) is 43.3 Å². The van der Waals surface area contributed by atoms with Crippen molar-refractivity contribution in [3.05, 3.63) is 89.7 Å². The molecule has 5 rings (SSSR count). The zero-order valence-corrected chi connectivity index (χ0v) is 20.5. The molecule has 2 atom stereocenters. The van der Waals surface area contributed by atoms with Crippen LogP contribution in [0.25, 0.3) is 11.0 Å². The summed E-state index contributed by atoms with van der Waals surface area (Å²) in [5, 5.41) is 11.2. The lowest BCUT2D eigenvalue weighted by Gasteiger charge is -2.33. The first-order chi connectivity index (χ1) is 18.0. The number of carbonyl (C=O) groups is 2. The van der Waals surface area contributed by atoms with E-state index in [0.717, 1.165) is 18.4 Å². The van der Waals surface area contributed by atoms with Crippen molar-refractivity contribution in [2.24, 2.45) is 0 Å². The van der Waals surface area contributed by atoms with Crippen molar-refractivity contribution >= 4 is 28.5 Å². The zero-order valence-electron chi connectivity index (χ0n) is 20.5. The van der Waals surface area contributed by atoms with Crippen LogP contribution in [0, 0.1) is 12.7 Å². The average molecular weight is 502 g/mol. The Kier molecular flexibility index (Phi) is 7.23. The molecule has 1 aliphatic rings. The molecule has 0 unspecified atom stereocenters. The number of fused-ring (bicyclic) bond motifs is 1. The quantitative estimate of drug-likeness (QED) is 0.395. The third kappa shape index (κ3) is 5.22. The standard InChI is InChI=1S/C28H28FN5O3/c1-19-9-2-6-14-24(19)34(26(35)18-33-25-15-7-5-13-23(25)31-32-33)27(21-11-3-4-12-22(21)29)28(36)30-17-20-10-8-16-37-20/h2-7,9,11-15,20,27H,8,10,16-18H2,1H3,(H,30,36)/t20-,27+/m0/s1. The van der Waals surface area contributed by atoms with Crippen LogP contribution >= 0.6 is 0 Å². The van der Waals surface area contributed by atoms with E-state index in [-0.39, 0.29) is 24.8 Å². The molecule has 0 bridgehead atoms. The van der Waals surface area contributed by atoms with Gasteiger partial charge in [0.15, 0.2) is 0 Å². The second-order valence-corrected chi connectivity index (χ2v) is 9.09. The summed E-state index contributed by atoms with van der Waals surface area (Å²) < 4.78 is 22.3. The number of anilines is 1. The second-order valence-electron chi connectivity index (χ2n) is 9.09. The summed E-state index contributed by atoms with van der Waals surface area (Å²) in [6.07, 6.45) is 1.66. The van der Waals surface area contributed by atoms with Crippen molar-refractivity contribution < 1.29 is 18.7 Å². The fourth-order valence-electron chi connectivity index (χ4n) is 4.70. The van der Waals surface area contributed by atoms with E-state index in [1.165, 1.54) is 21.7 Å². The van der Waals surface area contributed by atoms with Gasteiger partial charge in [0, 0.05) is 24.4 Å². The van der Waals surface area contributed by atoms with Crippen LogP contribution in [-0.2, 0) is 20.9 Å². The van der Waals surface area contributed by atoms with Crippen molar-refractivity contribution in [1.82, 2.24) is 20.3 Å². The van der Waals surface area contributed by atoms with E-state index >= 15 is 4.39 Å². The van der Waals surface area contributed by atoms with Crippen molar-refractivity contribution in [3.8, 4) is 0 Å². The Labute approximate surface area is 214 Å². The number of amides is 2. The summed E-state index contributed by atoms with van der Waals surface area (Å²) in [5.41, 5.74) is 2.72. The summed E-state index contributed by atoms with van der Waals surface area (Å²) in [7, 11) is 0. The molecule has 1 saturated heterocycles. The molecule has 0 saturated carbocycles. The van der Waals surface area contributed by atoms with Crippen molar-refractivity contribution in [3.63, 3.8) is 0 Å². The summed E-state index contributed by atoms with van der Waals surface area (Å²) in [4.78, 5) is 29.1. The van der Waals surface area contributed by atoms with Gasteiger partial charge in [-0.05, 0) is 49.6 Å². The Hall–Kier alpha value is -4.11. The minimum atomic E-state index is -1.24. The number of rotatable bonds is 8. The number of carbonyl (C=O) groups excluding carboxylic acids is 2. The highest BCUT2D eigenvalue weighted by atomic mass is 19.1. The molecule has 1 fully saturated rings. The number of para-hydroxylation sites is 2. The van der Waals surface area contributed by atoms with Crippen LogP contribution in [0.15, 0.2) is 72.8 Å².